The molecule has 4 amide bonds. The van der Waals surface area contributed by atoms with Crippen molar-refractivity contribution >= 4 is 41.4 Å². The van der Waals surface area contributed by atoms with Crippen molar-refractivity contribution in [2.24, 2.45) is 17.2 Å². The minimum absolute atomic E-state index is 0.224. The topological polar surface area (TPSA) is 240 Å². The zero-order valence-corrected chi connectivity index (χ0v) is 19.7. The Morgan fingerprint density at radius 2 is 1.55 bits per heavy atom. The number of thioether (sulfide) groups is 1. The van der Waals surface area contributed by atoms with Crippen molar-refractivity contribution in [3.63, 3.8) is 0 Å². The molecular formula is C19H36N6O7S. The molecule has 0 aliphatic heterocycles. The lowest BCUT2D eigenvalue weighted by molar-refractivity contribution is -0.144. The van der Waals surface area contributed by atoms with Crippen LogP contribution in [0.25, 0.3) is 0 Å². The smallest absolute Gasteiger partial charge is 0.326 e. The number of rotatable bonds is 17. The largest absolute Gasteiger partial charge is 0.480 e. The first-order valence-electron chi connectivity index (χ1n) is 10.5. The minimum Gasteiger partial charge on any atom is -0.480 e. The van der Waals surface area contributed by atoms with Gasteiger partial charge in [0.15, 0.2) is 0 Å². The molecule has 190 valence electrons. The molecule has 0 aromatic carbocycles. The normalized spacial score (nSPS) is 15.4. The highest BCUT2D eigenvalue weighted by atomic mass is 32.2. The molecule has 0 aromatic heterocycles. The van der Waals surface area contributed by atoms with Crippen LogP contribution in [0.5, 0.6) is 0 Å². The molecule has 0 spiro atoms. The number of aliphatic hydroxyl groups is 1. The third-order valence-electron chi connectivity index (χ3n) is 4.63. The van der Waals surface area contributed by atoms with Crippen LogP contribution in [0.4, 0.5) is 0 Å². The SMILES string of the molecule is CSCCC(NC(=O)C(N)CCCCN)C(=O)NC(C(=O)NC(CC(N)=O)C(=O)O)C(C)O. The predicted molar refractivity (Wildman–Crippen MR) is 123 cm³/mol. The van der Waals surface area contributed by atoms with Crippen LogP contribution in [-0.2, 0) is 24.0 Å². The van der Waals surface area contributed by atoms with Crippen molar-refractivity contribution in [2.45, 2.75) is 69.3 Å². The maximum absolute atomic E-state index is 12.8. The van der Waals surface area contributed by atoms with Gasteiger partial charge in [0.2, 0.25) is 23.6 Å². The van der Waals surface area contributed by atoms with Gasteiger partial charge in [-0.1, -0.05) is 6.42 Å². The highest BCUT2D eigenvalue weighted by Gasteiger charge is 2.33. The third-order valence-corrected chi connectivity index (χ3v) is 5.28. The number of aliphatic carboxylic acids is 1. The van der Waals surface area contributed by atoms with Gasteiger partial charge >= 0.3 is 5.97 Å². The van der Waals surface area contributed by atoms with E-state index < -0.39 is 66.3 Å². The molecule has 0 rings (SSSR count). The van der Waals surface area contributed by atoms with Crippen LogP contribution in [0.15, 0.2) is 0 Å². The number of unbranched alkanes of at least 4 members (excludes halogenated alkanes) is 1. The van der Waals surface area contributed by atoms with Crippen LogP contribution >= 0.6 is 11.8 Å². The maximum atomic E-state index is 12.8. The van der Waals surface area contributed by atoms with Gasteiger partial charge < -0.3 is 43.4 Å². The minimum atomic E-state index is -1.63. The van der Waals surface area contributed by atoms with E-state index in [1.54, 1.807) is 0 Å². The maximum Gasteiger partial charge on any atom is 0.326 e. The summed E-state index contributed by atoms with van der Waals surface area (Å²) in [5.74, 6) is -4.28. The van der Waals surface area contributed by atoms with Crippen molar-refractivity contribution in [3.8, 4) is 0 Å². The van der Waals surface area contributed by atoms with E-state index in [1.807, 2.05) is 6.26 Å². The van der Waals surface area contributed by atoms with E-state index in [-0.39, 0.29) is 6.42 Å². The summed E-state index contributed by atoms with van der Waals surface area (Å²) in [6, 6.07) is -5.06. The number of amides is 4. The van der Waals surface area contributed by atoms with Crippen molar-refractivity contribution in [2.75, 3.05) is 18.6 Å². The molecule has 0 radical (unpaired) electrons. The van der Waals surface area contributed by atoms with Crippen molar-refractivity contribution in [1.29, 1.82) is 0 Å². The van der Waals surface area contributed by atoms with Crippen molar-refractivity contribution in [1.82, 2.24) is 16.0 Å². The molecule has 0 bridgehead atoms. The number of carboxylic acid groups (broad SMARTS) is 1. The Kier molecular flexibility index (Phi) is 15.0. The second kappa shape index (κ2) is 16.2. The number of primary amides is 1. The average Bonchev–Trinajstić information content (AvgIpc) is 2.73. The van der Waals surface area contributed by atoms with E-state index in [0.29, 0.717) is 31.6 Å². The highest BCUT2D eigenvalue weighted by molar-refractivity contribution is 7.98. The lowest BCUT2D eigenvalue weighted by atomic mass is 10.1. The standard InChI is InChI=1S/C19H36N6O7S/c1-10(26)15(18(30)24-13(19(31)32)9-14(22)27)25-17(29)12(6-8-33-2)23-16(28)11(21)5-3-4-7-20/h10-13,15,26H,3-9,20-21H2,1-2H3,(H2,22,27)(H,23,28)(H,24,30)(H,25,29)(H,31,32). The zero-order valence-electron chi connectivity index (χ0n) is 18.9. The number of aliphatic hydroxyl groups excluding tert-OH is 1. The van der Waals surface area contributed by atoms with Crippen LogP contribution in [0.3, 0.4) is 0 Å². The lowest BCUT2D eigenvalue weighted by Crippen LogP contribution is -2.60. The fourth-order valence-electron chi connectivity index (χ4n) is 2.74. The summed E-state index contributed by atoms with van der Waals surface area (Å²) >= 11 is 1.43. The molecule has 14 heteroatoms. The van der Waals surface area contributed by atoms with Gasteiger partial charge in [0.25, 0.3) is 0 Å². The van der Waals surface area contributed by atoms with Gasteiger partial charge in [0.1, 0.15) is 18.1 Å². The monoisotopic (exact) mass is 492 g/mol. The number of carboxylic acids is 1. The number of carbonyl (C=O) groups is 5. The first-order valence-corrected chi connectivity index (χ1v) is 11.9. The van der Waals surface area contributed by atoms with Gasteiger partial charge in [-0.05, 0) is 44.7 Å². The fourth-order valence-corrected chi connectivity index (χ4v) is 3.22. The van der Waals surface area contributed by atoms with E-state index in [0.717, 1.165) is 0 Å². The van der Waals surface area contributed by atoms with Gasteiger partial charge in [-0.2, -0.15) is 11.8 Å². The number of carbonyl (C=O) groups excluding carboxylic acids is 4. The van der Waals surface area contributed by atoms with Crippen LogP contribution < -0.4 is 33.2 Å². The summed E-state index contributed by atoms with van der Waals surface area (Å²) < 4.78 is 0. The molecule has 0 saturated carbocycles. The van der Waals surface area contributed by atoms with E-state index in [1.165, 1.54) is 18.7 Å². The summed E-state index contributed by atoms with van der Waals surface area (Å²) in [6.45, 7) is 1.69. The first kappa shape index (κ1) is 30.6. The Balaban J connectivity index is 5.31. The second-order valence-electron chi connectivity index (χ2n) is 7.53. The summed E-state index contributed by atoms with van der Waals surface area (Å²) in [7, 11) is 0. The second-order valence-corrected chi connectivity index (χ2v) is 8.52. The average molecular weight is 493 g/mol. The molecule has 0 aliphatic rings. The molecule has 0 fully saturated rings. The summed E-state index contributed by atoms with van der Waals surface area (Å²) in [5.41, 5.74) is 16.3. The highest BCUT2D eigenvalue weighted by Crippen LogP contribution is 2.06. The van der Waals surface area contributed by atoms with Gasteiger partial charge in [0, 0.05) is 0 Å². The Morgan fingerprint density at radius 3 is 2.03 bits per heavy atom. The Bertz CT molecular complexity index is 679. The van der Waals surface area contributed by atoms with Crippen LogP contribution in [0.1, 0.15) is 39.0 Å². The van der Waals surface area contributed by atoms with Crippen LogP contribution in [0, 0.1) is 0 Å². The summed E-state index contributed by atoms with van der Waals surface area (Å²) in [5, 5.41) is 26.1. The van der Waals surface area contributed by atoms with Crippen LogP contribution in [-0.4, -0.2) is 88.6 Å². The molecule has 13 nitrogen and oxygen atoms in total. The van der Waals surface area contributed by atoms with Crippen molar-refractivity contribution in [3.05, 3.63) is 0 Å². The van der Waals surface area contributed by atoms with E-state index >= 15 is 0 Å². The van der Waals surface area contributed by atoms with E-state index in [2.05, 4.69) is 16.0 Å². The molecule has 0 heterocycles. The van der Waals surface area contributed by atoms with E-state index in [4.69, 9.17) is 22.3 Å². The number of hydrogen-bond donors (Lipinski definition) is 8. The molecule has 5 atom stereocenters. The summed E-state index contributed by atoms with van der Waals surface area (Å²) in [4.78, 5) is 60.0. The first-order chi connectivity index (χ1) is 15.4. The molecule has 0 aromatic rings. The lowest BCUT2D eigenvalue weighted by Gasteiger charge is -2.26. The number of nitrogens with one attached hydrogen (secondary N) is 3. The Morgan fingerprint density at radius 1 is 0.939 bits per heavy atom. The number of nitrogens with two attached hydrogens (primary N) is 3. The Hall–Kier alpha value is -2.42. The Labute approximate surface area is 196 Å². The molecular weight excluding hydrogens is 456 g/mol. The molecule has 0 saturated heterocycles. The van der Waals surface area contributed by atoms with Crippen molar-refractivity contribution < 1.29 is 34.2 Å². The van der Waals surface area contributed by atoms with Gasteiger partial charge in [0.05, 0.1) is 18.6 Å². The molecule has 11 N–H and O–H groups in total. The quantitative estimate of drug-likeness (QED) is 0.0956. The van der Waals surface area contributed by atoms with Gasteiger partial charge in [-0.15, -0.1) is 0 Å². The summed E-state index contributed by atoms with van der Waals surface area (Å²) in [6.07, 6.45) is 1.69. The molecule has 0 aliphatic carbocycles. The fraction of sp³-hybridized carbons (Fsp3) is 0.737. The predicted octanol–water partition coefficient (Wildman–Crippen LogP) is -3.01. The van der Waals surface area contributed by atoms with Gasteiger partial charge in [-0.25, -0.2) is 4.79 Å². The number of hydrogen-bond acceptors (Lipinski definition) is 9. The third kappa shape index (κ3) is 12.4. The molecule has 33 heavy (non-hydrogen) atoms. The molecule has 5 unspecified atom stereocenters. The van der Waals surface area contributed by atoms with Crippen LogP contribution in [0.2, 0.25) is 0 Å². The van der Waals surface area contributed by atoms with E-state index in [9.17, 15) is 29.1 Å². The van der Waals surface area contributed by atoms with Gasteiger partial charge in [-0.3, -0.25) is 19.2 Å². The zero-order chi connectivity index (χ0) is 25.6.